The van der Waals surface area contributed by atoms with Gasteiger partial charge in [0.15, 0.2) is 0 Å². The maximum Gasteiger partial charge on any atom is 0.254 e. The summed E-state index contributed by atoms with van der Waals surface area (Å²) in [6, 6.07) is 15.5. The summed E-state index contributed by atoms with van der Waals surface area (Å²) in [5.74, 6) is 0.382. The molecular weight excluding hydrogens is 339 g/mol. The summed E-state index contributed by atoms with van der Waals surface area (Å²) in [5, 5.41) is 1.09. The van der Waals surface area contributed by atoms with Crippen LogP contribution in [0, 0.1) is 12.7 Å². The lowest BCUT2D eigenvalue weighted by Gasteiger charge is -2.39. The van der Waals surface area contributed by atoms with Crippen LogP contribution in [0.4, 0.5) is 4.39 Å². The van der Waals surface area contributed by atoms with Gasteiger partial charge in [-0.1, -0.05) is 12.1 Å². The topological polar surface area (TPSA) is 36.1 Å². The molecule has 3 aromatic rings. The van der Waals surface area contributed by atoms with Crippen molar-refractivity contribution >= 4 is 16.8 Å². The largest absolute Gasteiger partial charge is 0.359 e. The van der Waals surface area contributed by atoms with Crippen LogP contribution < -0.4 is 0 Å². The fourth-order valence-corrected chi connectivity index (χ4v) is 5.08. The van der Waals surface area contributed by atoms with Crippen LogP contribution in [0.15, 0.2) is 48.5 Å². The molecule has 4 heteroatoms. The van der Waals surface area contributed by atoms with E-state index in [4.69, 9.17) is 0 Å². The van der Waals surface area contributed by atoms with Gasteiger partial charge in [-0.25, -0.2) is 4.39 Å². The standard InChI is InChI=1S/C23H23FN2O/c1-14-10-18-11-16(4-9-22(18)25-14)23(27)26-20-7-8-21(26)13-17(12-20)15-2-5-19(24)6-3-15/h2-6,9-11,17,20-21,25H,7-8,12-13H2,1H3. The number of nitrogens with zero attached hydrogens (tertiary/aromatic N) is 1. The van der Waals surface area contributed by atoms with Crippen LogP contribution in [0.25, 0.3) is 10.9 Å². The minimum Gasteiger partial charge on any atom is -0.359 e. The number of carbonyl (C=O) groups excluding carboxylic acids is 1. The summed E-state index contributed by atoms with van der Waals surface area (Å²) in [5.41, 5.74) is 4.15. The van der Waals surface area contributed by atoms with Gasteiger partial charge < -0.3 is 9.88 Å². The number of amides is 1. The van der Waals surface area contributed by atoms with Crippen molar-refractivity contribution in [2.45, 2.75) is 50.6 Å². The van der Waals surface area contributed by atoms with E-state index in [0.717, 1.165) is 47.8 Å². The quantitative estimate of drug-likeness (QED) is 0.671. The van der Waals surface area contributed by atoms with Gasteiger partial charge in [-0.3, -0.25) is 4.79 Å². The maximum absolute atomic E-state index is 13.3. The third-order valence-electron chi connectivity index (χ3n) is 6.31. The molecule has 3 nitrogen and oxygen atoms in total. The molecule has 1 N–H and O–H groups in total. The number of aromatic nitrogens is 1. The van der Waals surface area contributed by atoms with Crippen molar-refractivity contribution in [1.82, 2.24) is 9.88 Å². The van der Waals surface area contributed by atoms with Crippen LogP contribution in [0.1, 0.15) is 53.2 Å². The minimum absolute atomic E-state index is 0.154. The SMILES string of the molecule is Cc1cc2cc(C(=O)N3C4CCC3CC(c3ccc(F)cc3)C4)ccc2[nH]1. The van der Waals surface area contributed by atoms with Crippen molar-refractivity contribution in [3.8, 4) is 0 Å². The molecule has 2 aliphatic heterocycles. The smallest absolute Gasteiger partial charge is 0.254 e. The number of carbonyl (C=O) groups is 1. The fraction of sp³-hybridized carbons (Fsp3) is 0.348. The molecule has 1 amide bonds. The van der Waals surface area contributed by atoms with Gasteiger partial charge in [-0.15, -0.1) is 0 Å². The predicted molar refractivity (Wildman–Crippen MR) is 104 cm³/mol. The van der Waals surface area contributed by atoms with Crippen LogP contribution in [0.2, 0.25) is 0 Å². The van der Waals surface area contributed by atoms with Gasteiger partial charge in [-0.2, -0.15) is 0 Å². The first-order valence-corrected chi connectivity index (χ1v) is 9.76. The lowest BCUT2D eigenvalue weighted by molar-refractivity contribution is 0.0571. The Bertz CT molecular complexity index is 993. The normalized spacial score (nSPS) is 24.5. The van der Waals surface area contributed by atoms with Crippen LogP contribution in [-0.2, 0) is 0 Å². The molecule has 2 saturated heterocycles. The average molecular weight is 362 g/mol. The lowest BCUT2D eigenvalue weighted by atomic mass is 9.84. The van der Waals surface area contributed by atoms with Gasteiger partial charge in [-0.05, 0) is 80.5 Å². The predicted octanol–water partition coefficient (Wildman–Crippen LogP) is 5.17. The molecule has 0 saturated carbocycles. The van der Waals surface area contributed by atoms with E-state index in [0.29, 0.717) is 5.92 Å². The summed E-state index contributed by atoms with van der Waals surface area (Å²) in [4.78, 5) is 18.7. The second-order valence-electron chi connectivity index (χ2n) is 8.07. The van der Waals surface area contributed by atoms with Gasteiger partial charge in [0.05, 0.1) is 0 Å². The number of hydrogen-bond acceptors (Lipinski definition) is 1. The Morgan fingerprint density at radius 1 is 1.04 bits per heavy atom. The number of aromatic amines is 1. The van der Waals surface area contributed by atoms with Crippen molar-refractivity contribution in [2.24, 2.45) is 0 Å². The first-order chi connectivity index (χ1) is 13.1. The summed E-state index contributed by atoms with van der Waals surface area (Å²) in [6.45, 7) is 2.03. The van der Waals surface area contributed by atoms with E-state index < -0.39 is 0 Å². The molecule has 1 aromatic heterocycles. The zero-order chi connectivity index (χ0) is 18.5. The number of rotatable bonds is 2. The third-order valence-corrected chi connectivity index (χ3v) is 6.31. The monoisotopic (exact) mass is 362 g/mol. The molecule has 2 aliphatic rings. The van der Waals surface area contributed by atoms with E-state index in [1.807, 2.05) is 37.3 Å². The Kier molecular flexibility index (Phi) is 3.81. The highest BCUT2D eigenvalue weighted by Gasteiger charge is 2.43. The number of nitrogens with one attached hydrogen (secondary N) is 1. The van der Waals surface area contributed by atoms with Crippen LogP contribution in [0.3, 0.4) is 0 Å². The first-order valence-electron chi connectivity index (χ1n) is 9.76. The minimum atomic E-state index is -0.190. The number of halogens is 1. The Labute approximate surface area is 158 Å². The number of H-pyrrole nitrogens is 1. The van der Waals surface area contributed by atoms with Gasteiger partial charge >= 0.3 is 0 Å². The summed E-state index contributed by atoms with van der Waals surface area (Å²) >= 11 is 0. The van der Waals surface area contributed by atoms with E-state index in [1.165, 1.54) is 5.56 Å². The van der Waals surface area contributed by atoms with Crippen molar-refractivity contribution in [3.05, 3.63) is 71.2 Å². The molecular formula is C23H23FN2O. The van der Waals surface area contributed by atoms with Crippen molar-refractivity contribution in [3.63, 3.8) is 0 Å². The number of hydrogen-bond donors (Lipinski definition) is 1. The molecule has 0 aliphatic carbocycles. The molecule has 0 spiro atoms. The zero-order valence-corrected chi connectivity index (χ0v) is 15.4. The van der Waals surface area contributed by atoms with E-state index >= 15 is 0 Å². The highest BCUT2D eigenvalue weighted by Crippen LogP contribution is 2.43. The number of benzene rings is 2. The number of aryl methyl sites for hydroxylation is 1. The van der Waals surface area contributed by atoms with Gasteiger partial charge in [0, 0.05) is 34.2 Å². The molecule has 0 radical (unpaired) electrons. The zero-order valence-electron chi connectivity index (χ0n) is 15.4. The Hall–Kier alpha value is -2.62. The van der Waals surface area contributed by atoms with Crippen molar-refractivity contribution < 1.29 is 9.18 Å². The highest BCUT2D eigenvalue weighted by molar-refractivity contribution is 5.98. The Balaban J connectivity index is 1.39. The highest BCUT2D eigenvalue weighted by atomic mass is 19.1. The van der Waals surface area contributed by atoms with E-state index in [1.54, 1.807) is 12.1 Å². The number of piperidine rings is 1. The molecule has 2 aromatic carbocycles. The summed E-state index contributed by atoms with van der Waals surface area (Å²) in [7, 11) is 0. The summed E-state index contributed by atoms with van der Waals surface area (Å²) in [6.07, 6.45) is 4.08. The van der Waals surface area contributed by atoms with Crippen LogP contribution in [0.5, 0.6) is 0 Å². The Morgan fingerprint density at radius 3 is 2.44 bits per heavy atom. The molecule has 5 rings (SSSR count). The van der Waals surface area contributed by atoms with Gasteiger partial charge in [0.2, 0.25) is 0 Å². The summed E-state index contributed by atoms with van der Waals surface area (Å²) < 4.78 is 13.2. The second kappa shape index (κ2) is 6.22. The van der Waals surface area contributed by atoms with Crippen molar-refractivity contribution in [2.75, 3.05) is 0 Å². The van der Waals surface area contributed by atoms with Gasteiger partial charge in [0.25, 0.3) is 5.91 Å². The maximum atomic E-state index is 13.3. The molecule has 2 fully saturated rings. The fourth-order valence-electron chi connectivity index (χ4n) is 5.08. The van der Waals surface area contributed by atoms with Crippen LogP contribution >= 0.6 is 0 Å². The van der Waals surface area contributed by atoms with E-state index in [-0.39, 0.29) is 23.8 Å². The lowest BCUT2D eigenvalue weighted by Crippen LogP contribution is -2.46. The molecule has 2 atom stereocenters. The molecule has 138 valence electrons. The molecule has 2 unspecified atom stereocenters. The molecule has 3 heterocycles. The molecule has 2 bridgehead atoms. The number of fused-ring (bicyclic) bond motifs is 3. The van der Waals surface area contributed by atoms with Crippen molar-refractivity contribution in [1.29, 1.82) is 0 Å². The van der Waals surface area contributed by atoms with Crippen LogP contribution in [-0.4, -0.2) is 27.9 Å². The van der Waals surface area contributed by atoms with E-state index in [9.17, 15) is 9.18 Å². The van der Waals surface area contributed by atoms with E-state index in [2.05, 4.69) is 16.0 Å². The second-order valence-corrected chi connectivity index (χ2v) is 8.07. The van der Waals surface area contributed by atoms with Gasteiger partial charge in [0.1, 0.15) is 5.82 Å². The first kappa shape index (κ1) is 16.5. The Morgan fingerprint density at radius 2 is 1.74 bits per heavy atom. The molecule has 27 heavy (non-hydrogen) atoms. The average Bonchev–Trinajstić information content (AvgIpc) is 3.16. The third kappa shape index (κ3) is 2.84.